The summed E-state index contributed by atoms with van der Waals surface area (Å²) < 4.78 is 10.6. The quantitative estimate of drug-likeness (QED) is 0.804. The van der Waals surface area contributed by atoms with E-state index in [0.717, 1.165) is 5.56 Å². The van der Waals surface area contributed by atoms with E-state index in [2.05, 4.69) is 6.07 Å². The molecule has 0 radical (unpaired) electrons. The number of benzene rings is 2. The van der Waals surface area contributed by atoms with Crippen LogP contribution in [0.3, 0.4) is 0 Å². The molecule has 0 aromatic heterocycles. The number of methoxy groups -OCH3 is 2. The van der Waals surface area contributed by atoms with Gasteiger partial charge in [-0.2, -0.15) is 5.26 Å². The van der Waals surface area contributed by atoms with Crippen molar-refractivity contribution in [1.82, 2.24) is 4.90 Å². The number of nitriles is 1. The van der Waals surface area contributed by atoms with Crippen LogP contribution in [0, 0.1) is 11.3 Å². The van der Waals surface area contributed by atoms with E-state index in [1.807, 2.05) is 26.0 Å². The van der Waals surface area contributed by atoms with Crippen LogP contribution in [0.2, 0.25) is 0 Å². The first-order chi connectivity index (χ1) is 12.0. The standard InChI is InChI=1S/C20H22N2O3/c1-5-22(14(2)16-8-6-15(13-21)7-9-16)20(23)18-12-17(24-3)10-11-19(18)25-4/h6-12,14H,5H2,1-4H3. The Bertz CT molecular complexity index is 779. The molecular formula is C20H22N2O3. The molecule has 2 aromatic rings. The van der Waals surface area contributed by atoms with Crippen molar-refractivity contribution in [3.8, 4) is 17.6 Å². The lowest BCUT2D eigenvalue weighted by Crippen LogP contribution is -2.33. The Hall–Kier alpha value is -3.00. The lowest BCUT2D eigenvalue weighted by Gasteiger charge is -2.29. The van der Waals surface area contributed by atoms with Gasteiger partial charge in [0.15, 0.2) is 0 Å². The van der Waals surface area contributed by atoms with Crippen LogP contribution in [0.15, 0.2) is 42.5 Å². The van der Waals surface area contributed by atoms with Crippen LogP contribution in [0.25, 0.3) is 0 Å². The third-order valence-corrected chi connectivity index (χ3v) is 4.23. The summed E-state index contributed by atoms with van der Waals surface area (Å²) in [7, 11) is 3.10. The van der Waals surface area contributed by atoms with Gasteiger partial charge in [0, 0.05) is 6.54 Å². The minimum Gasteiger partial charge on any atom is -0.497 e. The Labute approximate surface area is 148 Å². The maximum Gasteiger partial charge on any atom is 0.258 e. The van der Waals surface area contributed by atoms with Crippen LogP contribution in [-0.4, -0.2) is 31.6 Å². The van der Waals surface area contributed by atoms with Gasteiger partial charge in [0.1, 0.15) is 11.5 Å². The molecule has 2 aromatic carbocycles. The molecule has 0 aliphatic rings. The number of carbonyl (C=O) groups excluding carboxylic acids is 1. The first kappa shape index (κ1) is 18.3. The number of ether oxygens (including phenoxy) is 2. The highest BCUT2D eigenvalue weighted by Gasteiger charge is 2.24. The van der Waals surface area contributed by atoms with Crippen LogP contribution in [0.4, 0.5) is 0 Å². The number of nitrogens with zero attached hydrogens (tertiary/aromatic N) is 2. The molecule has 0 bridgehead atoms. The maximum atomic E-state index is 13.1. The Kier molecular flexibility index (Phi) is 6.02. The van der Waals surface area contributed by atoms with Gasteiger partial charge in [-0.1, -0.05) is 12.1 Å². The predicted molar refractivity (Wildman–Crippen MR) is 95.8 cm³/mol. The number of carbonyl (C=O) groups is 1. The first-order valence-electron chi connectivity index (χ1n) is 8.08. The van der Waals surface area contributed by atoms with E-state index < -0.39 is 0 Å². The Morgan fingerprint density at radius 3 is 2.36 bits per heavy atom. The Balaban J connectivity index is 2.36. The zero-order chi connectivity index (χ0) is 18.4. The highest BCUT2D eigenvalue weighted by atomic mass is 16.5. The largest absolute Gasteiger partial charge is 0.497 e. The molecule has 0 N–H and O–H groups in total. The molecular weight excluding hydrogens is 316 g/mol. The number of rotatable bonds is 6. The molecule has 0 fully saturated rings. The molecule has 5 nitrogen and oxygen atoms in total. The smallest absolute Gasteiger partial charge is 0.258 e. The van der Waals surface area contributed by atoms with E-state index >= 15 is 0 Å². The van der Waals surface area contributed by atoms with Gasteiger partial charge < -0.3 is 14.4 Å². The third-order valence-electron chi connectivity index (χ3n) is 4.23. The van der Waals surface area contributed by atoms with Gasteiger partial charge in [0.05, 0.1) is 37.5 Å². The summed E-state index contributed by atoms with van der Waals surface area (Å²) in [5.74, 6) is 0.984. The second-order valence-corrected chi connectivity index (χ2v) is 5.57. The SMILES string of the molecule is CCN(C(=O)c1cc(OC)ccc1OC)C(C)c1ccc(C#N)cc1. The maximum absolute atomic E-state index is 13.1. The van der Waals surface area contributed by atoms with Crippen molar-refractivity contribution < 1.29 is 14.3 Å². The van der Waals surface area contributed by atoms with Crippen LogP contribution in [0.5, 0.6) is 11.5 Å². The van der Waals surface area contributed by atoms with Crippen molar-refractivity contribution in [2.75, 3.05) is 20.8 Å². The Morgan fingerprint density at radius 2 is 1.84 bits per heavy atom. The molecule has 1 atom stereocenters. The van der Waals surface area contributed by atoms with E-state index in [-0.39, 0.29) is 11.9 Å². The fraction of sp³-hybridized carbons (Fsp3) is 0.300. The summed E-state index contributed by atoms with van der Waals surface area (Å²) in [6.45, 7) is 4.44. The van der Waals surface area contributed by atoms with Crippen molar-refractivity contribution in [1.29, 1.82) is 5.26 Å². The van der Waals surface area contributed by atoms with E-state index in [4.69, 9.17) is 14.7 Å². The number of amides is 1. The molecule has 0 heterocycles. The molecule has 1 amide bonds. The van der Waals surface area contributed by atoms with E-state index in [9.17, 15) is 4.79 Å². The fourth-order valence-corrected chi connectivity index (χ4v) is 2.75. The summed E-state index contributed by atoms with van der Waals surface area (Å²) in [6.07, 6.45) is 0. The van der Waals surface area contributed by atoms with Gasteiger partial charge in [-0.25, -0.2) is 0 Å². The number of hydrogen-bond acceptors (Lipinski definition) is 4. The summed E-state index contributed by atoms with van der Waals surface area (Å²) in [6, 6.07) is 14.4. The molecule has 0 aliphatic heterocycles. The van der Waals surface area contributed by atoms with Crippen molar-refractivity contribution in [3.05, 3.63) is 59.2 Å². The van der Waals surface area contributed by atoms with E-state index in [1.54, 1.807) is 49.5 Å². The van der Waals surface area contributed by atoms with Crippen LogP contribution >= 0.6 is 0 Å². The van der Waals surface area contributed by atoms with Crippen LogP contribution < -0.4 is 9.47 Å². The first-order valence-corrected chi connectivity index (χ1v) is 8.08. The second-order valence-electron chi connectivity index (χ2n) is 5.57. The summed E-state index contributed by atoms with van der Waals surface area (Å²) >= 11 is 0. The second kappa shape index (κ2) is 8.20. The lowest BCUT2D eigenvalue weighted by atomic mass is 10.0. The molecule has 0 spiro atoms. The normalized spacial score (nSPS) is 11.3. The van der Waals surface area contributed by atoms with Gasteiger partial charge in [-0.3, -0.25) is 4.79 Å². The van der Waals surface area contributed by atoms with Gasteiger partial charge in [-0.05, 0) is 49.7 Å². The summed E-state index contributed by atoms with van der Waals surface area (Å²) in [5.41, 5.74) is 2.03. The lowest BCUT2D eigenvalue weighted by molar-refractivity contribution is 0.0698. The summed E-state index contributed by atoms with van der Waals surface area (Å²) in [5, 5.41) is 8.93. The highest BCUT2D eigenvalue weighted by Crippen LogP contribution is 2.29. The minimum atomic E-state index is -0.138. The third kappa shape index (κ3) is 3.92. The zero-order valence-electron chi connectivity index (χ0n) is 14.9. The number of hydrogen-bond donors (Lipinski definition) is 0. The molecule has 130 valence electrons. The molecule has 2 rings (SSSR count). The van der Waals surface area contributed by atoms with Crippen molar-refractivity contribution in [3.63, 3.8) is 0 Å². The van der Waals surface area contributed by atoms with Gasteiger partial charge in [-0.15, -0.1) is 0 Å². The molecule has 25 heavy (non-hydrogen) atoms. The minimum absolute atomic E-state index is 0.130. The molecule has 0 saturated carbocycles. The monoisotopic (exact) mass is 338 g/mol. The molecule has 0 saturated heterocycles. The Morgan fingerprint density at radius 1 is 1.16 bits per heavy atom. The van der Waals surface area contributed by atoms with Crippen LogP contribution in [0.1, 0.15) is 41.4 Å². The van der Waals surface area contributed by atoms with Gasteiger partial charge >= 0.3 is 0 Å². The van der Waals surface area contributed by atoms with Gasteiger partial charge in [0.2, 0.25) is 0 Å². The zero-order valence-corrected chi connectivity index (χ0v) is 14.9. The molecule has 1 unspecified atom stereocenters. The van der Waals surface area contributed by atoms with E-state index in [0.29, 0.717) is 29.2 Å². The van der Waals surface area contributed by atoms with Crippen molar-refractivity contribution in [2.45, 2.75) is 19.9 Å². The average molecular weight is 338 g/mol. The van der Waals surface area contributed by atoms with Gasteiger partial charge in [0.25, 0.3) is 5.91 Å². The van der Waals surface area contributed by atoms with E-state index in [1.165, 1.54) is 0 Å². The van der Waals surface area contributed by atoms with Crippen molar-refractivity contribution >= 4 is 5.91 Å². The summed E-state index contributed by atoms with van der Waals surface area (Å²) in [4.78, 5) is 14.9. The topological polar surface area (TPSA) is 62.6 Å². The van der Waals surface area contributed by atoms with Crippen LogP contribution in [-0.2, 0) is 0 Å². The average Bonchev–Trinajstić information content (AvgIpc) is 2.67. The van der Waals surface area contributed by atoms with Crippen molar-refractivity contribution in [2.24, 2.45) is 0 Å². The predicted octanol–water partition coefficient (Wildman–Crippen LogP) is 3.80. The molecule has 0 aliphatic carbocycles. The molecule has 5 heteroatoms. The highest BCUT2D eigenvalue weighted by molar-refractivity contribution is 5.97. The fourth-order valence-electron chi connectivity index (χ4n) is 2.75.